The molecule has 3 aromatic heterocycles. The first kappa shape index (κ1) is 15.6. The van der Waals surface area contributed by atoms with E-state index in [0.717, 1.165) is 51.9 Å². The number of fused-ring (bicyclic) bond motifs is 1. The number of aromatic nitrogens is 3. The lowest BCUT2D eigenvalue weighted by molar-refractivity contribution is 0.311. The van der Waals surface area contributed by atoms with Crippen molar-refractivity contribution in [2.24, 2.45) is 0 Å². The summed E-state index contributed by atoms with van der Waals surface area (Å²) in [4.78, 5) is 4.67. The molecule has 122 valence electrons. The summed E-state index contributed by atoms with van der Waals surface area (Å²) >= 11 is 0. The number of anilines is 1. The molecule has 0 atom stereocenters. The van der Waals surface area contributed by atoms with Gasteiger partial charge in [-0.1, -0.05) is 6.92 Å². The summed E-state index contributed by atoms with van der Waals surface area (Å²) in [6, 6.07) is 3.96. The molecule has 0 aliphatic rings. The quantitative estimate of drug-likeness (QED) is 0.757. The van der Waals surface area contributed by atoms with Gasteiger partial charge >= 0.3 is 0 Å². The maximum Gasteiger partial charge on any atom is 0.158 e. The molecule has 0 aliphatic heterocycles. The molecule has 6 heteroatoms. The van der Waals surface area contributed by atoms with E-state index in [9.17, 15) is 0 Å². The smallest absolute Gasteiger partial charge is 0.158 e. The molecule has 0 unspecified atom stereocenters. The summed E-state index contributed by atoms with van der Waals surface area (Å²) in [6.45, 7) is 8.51. The Kier molecular flexibility index (Phi) is 4.09. The van der Waals surface area contributed by atoms with E-state index in [-0.39, 0.29) is 6.61 Å². The molecule has 0 aliphatic carbocycles. The van der Waals surface area contributed by atoms with Gasteiger partial charge in [0, 0.05) is 29.4 Å². The lowest BCUT2D eigenvalue weighted by Gasteiger charge is -2.13. The zero-order valence-corrected chi connectivity index (χ0v) is 14.0. The average Bonchev–Trinajstić information content (AvgIpc) is 3.06. The summed E-state index contributed by atoms with van der Waals surface area (Å²) in [5, 5.41) is 17.1. The van der Waals surface area contributed by atoms with E-state index >= 15 is 0 Å². The van der Waals surface area contributed by atoms with Gasteiger partial charge in [-0.05, 0) is 33.3 Å². The van der Waals surface area contributed by atoms with Crippen molar-refractivity contribution < 1.29 is 9.52 Å². The first-order chi connectivity index (χ1) is 11.0. The van der Waals surface area contributed by atoms with Crippen molar-refractivity contribution in [3.05, 3.63) is 34.9 Å². The number of aryl methyl sites for hydroxylation is 3. The summed E-state index contributed by atoms with van der Waals surface area (Å²) < 4.78 is 7.43. The number of hydrogen-bond donors (Lipinski definition) is 2. The molecule has 0 aromatic carbocycles. The van der Waals surface area contributed by atoms with Crippen LogP contribution in [0.2, 0.25) is 0 Å². The highest BCUT2D eigenvalue weighted by atomic mass is 16.3. The first-order valence-electron chi connectivity index (χ1n) is 7.86. The van der Waals surface area contributed by atoms with E-state index in [0.29, 0.717) is 6.54 Å². The summed E-state index contributed by atoms with van der Waals surface area (Å²) in [5.41, 5.74) is 4.70. The molecule has 0 spiro atoms. The van der Waals surface area contributed by atoms with Crippen LogP contribution in [0.15, 0.2) is 16.5 Å². The van der Waals surface area contributed by atoms with Crippen LogP contribution in [0.25, 0.3) is 16.9 Å². The van der Waals surface area contributed by atoms with Crippen LogP contribution in [0, 0.1) is 20.8 Å². The Bertz CT molecular complexity index is 848. The third-order valence-corrected chi connectivity index (χ3v) is 3.98. The molecular weight excluding hydrogens is 292 g/mol. The van der Waals surface area contributed by atoms with Gasteiger partial charge in [-0.3, -0.25) is 0 Å². The van der Waals surface area contributed by atoms with Crippen molar-refractivity contribution >= 4 is 11.5 Å². The number of furan rings is 1. The van der Waals surface area contributed by atoms with Gasteiger partial charge in [0.1, 0.15) is 17.3 Å². The SMILES string of the molecule is CCc1c(C)nc2cc(-c3cc(C)oc3C)nn2c1NCCO. The fraction of sp³-hybridized carbons (Fsp3) is 0.412. The third kappa shape index (κ3) is 2.70. The Hall–Kier alpha value is -2.34. The van der Waals surface area contributed by atoms with Crippen LogP contribution >= 0.6 is 0 Å². The molecule has 0 amide bonds. The molecule has 23 heavy (non-hydrogen) atoms. The minimum Gasteiger partial charge on any atom is -0.466 e. The predicted molar refractivity (Wildman–Crippen MR) is 89.9 cm³/mol. The second-order valence-corrected chi connectivity index (χ2v) is 5.65. The van der Waals surface area contributed by atoms with Gasteiger partial charge in [0.2, 0.25) is 0 Å². The topological polar surface area (TPSA) is 75.6 Å². The molecule has 6 nitrogen and oxygen atoms in total. The normalized spacial score (nSPS) is 11.3. The Morgan fingerprint density at radius 1 is 1.26 bits per heavy atom. The number of aliphatic hydroxyl groups is 1. The zero-order chi connectivity index (χ0) is 16.6. The Labute approximate surface area is 135 Å². The minimum absolute atomic E-state index is 0.0696. The number of aliphatic hydroxyl groups excluding tert-OH is 1. The van der Waals surface area contributed by atoms with Crippen LogP contribution < -0.4 is 5.32 Å². The first-order valence-corrected chi connectivity index (χ1v) is 7.86. The monoisotopic (exact) mass is 314 g/mol. The van der Waals surface area contributed by atoms with Crippen LogP contribution in [0.4, 0.5) is 5.82 Å². The van der Waals surface area contributed by atoms with Crippen LogP contribution in [0.3, 0.4) is 0 Å². The second-order valence-electron chi connectivity index (χ2n) is 5.65. The highest BCUT2D eigenvalue weighted by Crippen LogP contribution is 2.28. The van der Waals surface area contributed by atoms with Crippen LogP contribution in [0.5, 0.6) is 0 Å². The van der Waals surface area contributed by atoms with E-state index in [4.69, 9.17) is 14.6 Å². The summed E-state index contributed by atoms with van der Waals surface area (Å²) in [6.07, 6.45) is 0.849. The number of nitrogens with zero attached hydrogens (tertiary/aromatic N) is 3. The molecule has 0 saturated carbocycles. The van der Waals surface area contributed by atoms with Crippen molar-refractivity contribution in [3.63, 3.8) is 0 Å². The van der Waals surface area contributed by atoms with Gasteiger partial charge in [-0.2, -0.15) is 9.61 Å². The molecule has 0 fully saturated rings. The molecule has 0 radical (unpaired) electrons. The molecule has 0 saturated heterocycles. The minimum atomic E-state index is 0.0696. The maximum atomic E-state index is 9.13. The Balaban J connectivity index is 2.20. The van der Waals surface area contributed by atoms with E-state index in [1.807, 2.05) is 37.4 Å². The fourth-order valence-corrected chi connectivity index (χ4v) is 2.95. The maximum absolute atomic E-state index is 9.13. The second kappa shape index (κ2) is 6.04. The van der Waals surface area contributed by atoms with E-state index in [2.05, 4.69) is 17.2 Å². The standard InChI is InChI=1S/C17H22N4O2/c1-5-13-11(3)19-16-9-15(14-8-10(2)23-12(14)4)20-21(16)17(13)18-6-7-22/h8-9,18,22H,5-7H2,1-4H3. The largest absolute Gasteiger partial charge is 0.466 e. The number of hydrogen-bond acceptors (Lipinski definition) is 5. The fourth-order valence-electron chi connectivity index (χ4n) is 2.95. The summed E-state index contributed by atoms with van der Waals surface area (Å²) in [5.74, 6) is 2.61. The average molecular weight is 314 g/mol. The van der Waals surface area contributed by atoms with E-state index in [1.54, 1.807) is 0 Å². The van der Waals surface area contributed by atoms with E-state index in [1.165, 1.54) is 0 Å². The number of nitrogens with one attached hydrogen (secondary N) is 1. The van der Waals surface area contributed by atoms with Gasteiger partial charge in [0.25, 0.3) is 0 Å². The van der Waals surface area contributed by atoms with Crippen LogP contribution in [-0.2, 0) is 6.42 Å². The lowest BCUT2D eigenvalue weighted by Crippen LogP contribution is -2.14. The molecule has 3 heterocycles. The highest BCUT2D eigenvalue weighted by molar-refractivity contribution is 5.68. The van der Waals surface area contributed by atoms with E-state index < -0.39 is 0 Å². The van der Waals surface area contributed by atoms with Gasteiger partial charge in [-0.15, -0.1) is 0 Å². The third-order valence-electron chi connectivity index (χ3n) is 3.98. The molecule has 3 aromatic rings. The van der Waals surface area contributed by atoms with Gasteiger partial charge < -0.3 is 14.8 Å². The molecule has 0 bridgehead atoms. The zero-order valence-electron chi connectivity index (χ0n) is 14.0. The molecule has 2 N–H and O–H groups in total. The molecular formula is C17H22N4O2. The van der Waals surface area contributed by atoms with Crippen molar-refractivity contribution in [3.8, 4) is 11.3 Å². The molecule has 3 rings (SSSR count). The lowest BCUT2D eigenvalue weighted by atomic mass is 10.1. The van der Waals surface area contributed by atoms with Gasteiger partial charge in [0.05, 0.1) is 12.3 Å². The number of rotatable bonds is 5. The highest BCUT2D eigenvalue weighted by Gasteiger charge is 2.17. The van der Waals surface area contributed by atoms with Crippen molar-refractivity contribution in [2.75, 3.05) is 18.5 Å². The Morgan fingerprint density at radius 2 is 2.04 bits per heavy atom. The van der Waals surface area contributed by atoms with Crippen molar-refractivity contribution in [1.82, 2.24) is 14.6 Å². The van der Waals surface area contributed by atoms with Crippen LogP contribution in [-0.4, -0.2) is 32.9 Å². The van der Waals surface area contributed by atoms with Crippen LogP contribution in [0.1, 0.15) is 29.7 Å². The van der Waals surface area contributed by atoms with Crippen molar-refractivity contribution in [2.45, 2.75) is 34.1 Å². The van der Waals surface area contributed by atoms with Gasteiger partial charge in [0.15, 0.2) is 5.65 Å². The van der Waals surface area contributed by atoms with Crippen molar-refractivity contribution in [1.29, 1.82) is 0 Å². The summed E-state index contributed by atoms with van der Waals surface area (Å²) in [7, 11) is 0. The Morgan fingerprint density at radius 3 is 2.65 bits per heavy atom. The van der Waals surface area contributed by atoms with Gasteiger partial charge in [-0.25, -0.2) is 4.98 Å². The predicted octanol–water partition coefficient (Wildman–Crippen LogP) is 2.88.